The van der Waals surface area contributed by atoms with Crippen LogP contribution in [0.1, 0.15) is 6.92 Å². The first-order valence-electron chi connectivity index (χ1n) is 5.28. The van der Waals surface area contributed by atoms with Crippen LogP contribution >= 0.6 is 0 Å². The number of hydrogen-bond donors (Lipinski definition) is 0. The third-order valence-electron chi connectivity index (χ3n) is 2.25. The fraction of sp³-hybridized carbons (Fsp3) is 0.417. The maximum absolute atomic E-state index is 10.8. The molecule has 4 heteroatoms. The number of carbonyl (C=O) groups is 1. The predicted octanol–water partition coefficient (Wildman–Crippen LogP) is 2.30. The molecule has 0 fully saturated rings. The molecule has 0 amide bonds. The molecule has 1 aromatic rings. The molecule has 1 rings (SSSR count). The lowest BCUT2D eigenvalue weighted by Crippen LogP contribution is -2.27. The predicted molar refractivity (Wildman–Crippen MR) is 62.7 cm³/mol. The van der Waals surface area contributed by atoms with Crippen LogP contribution in [0.5, 0.6) is 0 Å². The van der Waals surface area contributed by atoms with Crippen molar-refractivity contribution in [3.63, 3.8) is 0 Å². The highest BCUT2D eigenvalue weighted by Gasteiger charge is 2.05. The number of para-hydroxylation sites is 1. The molecule has 0 atom stereocenters. The van der Waals surface area contributed by atoms with Gasteiger partial charge in [0.15, 0.2) is 0 Å². The van der Waals surface area contributed by atoms with Gasteiger partial charge in [-0.2, -0.15) is 0 Å². The standard InChI is InChI=1S/C12H17NO3/c1-3-13(9-10-16-12(14)15-2)11-7-5-4-6-8-11/h4-8H,3,9-10H2,1-2H3. The quantitative estimate of drug-likeness (QED) is 0.718. The Morgan fingerprint density at radius 1 is 1.31 bits per heavy atom. The van der Waals surface area contributed by atoms with E-state index in [0.717, 1.165) is 12.2 Å². The van der Waals surface area contributed by atoms with E-state index in [-0.39, 0.29) is 0 Å². The lowest BCUT2D eigenvalue weighted by molar-refractivity contribution is 0.0748. The van der Waals surface area contributed by atoms with Gasteiger partial charge in [-0.25, -0.2) is 4.79 Å². The van der Waals surface area contributed by atoms with Gasteiger partial charge in [-0.15, -0.1) is 0 Å². The maximum Gasteiger partial charge on any atom is 0.508 e. The Kier molecular flexibility index (Phi) is 5.19. The molecular formula is C12H17NO3. The van der Waals surface area contributed by atoms with Crippen LogP contribution in [-0.4, -0.2) is 33.0 Å². The zero-order valence-electron chi connectivity index (χ0n) is 9.68. The van der Waals surface area contributed by atoms with Crippen LogP contribution in [0.3, 0.4) is 0 Å². The zero-order valence-corrected chi connectivity index (χ0v) is 9.68. The summed E-state index contributed by atoms with van der Waals surface area (Å²) in [6.45, 7) is 3.92. The summed E-state index contributed by atoms with van der Waals surface area (Å²) in [5, 5.41) is 0. The molecule has 0 aromatic heterocycles. The molecular weight excluding hydrogens is 206 g/mol. The molecule has 88 valence electrons. The third-order valence-corrected chi connectivity index (χ3v) is 2.25. The molecule has 0 aliphatic carbocycles. The number of nitrogens with zero attached hydrogens (tertiary/aromatic N) is 1. The Morgan fingerprint density at radius 3 is 2.56 bits per heavy atom. The Morgan fingerprint density at radius 2 is 2.00 bits per heavy atom. The highest BCUT2D eigenvalue weighted by atomic mass is 16.7. The first kappa shape index (κ1) is 12.4. The molecule has 4 nitrogen and oxygen atoms in total. The first-order valence-corrected chi connectivity index (χ1v) is 5.28. The Bertz CT molecular complexity index is 313. The number of rotatable bonds is 5. The number of hydrogen-bond acceptors (Lipinski definition) is 4. The molecule has 0 radical (unpaired) electrons. The van der Waals surface area contributed by atoms with Gasteiger partial charge in [-0.05, 0) is 19.1 Å². The van der Waals surface area contributed by atoms with E-state index in [9.17, 15) is 4.79 Å². The van der Waals surface area contributed by atoms with Gasteiger partial charge in [-0.1, -0.05) is 18.2 Å². The number of ether oxygens (including phenoxy) is 2. The van der Waals surface area contributed by atoms with E-state index in [1.165, 1.54) is 7.11 Å². The number of anilines is 1. The fourth-order valence-corrected chi connectivity index (χ4v) is 1.41. The summed E-state index contributed by atoms with van der Waals surface area (Å²) >= 11 is 0. The third kappa shape index (κ3) is 3.81. The second-order valence-electron chi connectivity index (χ2n) is 3.22. The molecule has 16 heavy (non-hydrogen) atoms. The molecule has 0 bridgehead atoms. The van der Waals surface area contributed by atoms with Crippen LogP contribution in [-0.2, 0) is 9.47 Å². The molecule has 0 spiro atoms. The van der Waals surface area contributed by atoms with Gasteiger partial charge in [-0.3, -0.25) is 0 Å². The van der Waals surface area contributed by atoms with Crippen molar-refractivity contribution in [1.82, 2.24) is 0 Å². The van der Waals surface area contributed by atoms with E-state index in [1.807, 2.05) is 30.3 Å². The van der Waals surface area contributed by atoms with Gasteiger partial charge in [0, 0.05) is 12.2 Å². The van der Waals surface area contributed by atoms with Gasteiger partial charge < -0.3 is 14.4 Å². The average molecular weight is 223 g/mol. The van der Waals surface area contributed by atoms with Gasteiger partial charge in [0.05, 0.1) is 13.7 Å². The molecule has 0 unspecified atom stereocenters. The molecule has 0 N–H and O–H groups in total. The van der Waals surface area contributed by atoms with E-state index >= 15 is 0 Å². The summed E-state index contributed by atoms with van der Waals surface area (Å²) in [6, 6.07) is 10.0. The summed E-state index contributed by atoms with van der Waals surface area (Å²) in [5.41, 5.74) is 1.12. The summed E-state index contributed by atoms with van der Waals surface area (Å²) in [4.78, 5) is 12.9. The van der Waals surface area contributed by atoms with Crippen molar-refractivity contribution in [3.05, 3.63) is 30.3 Å². The van der Waals surface area contributed by atoms with E-state index in [4.69, 9.17) is 4.74 Å². The second-order valence-corrected chi connectivity index (χ2v) is 3.22. The van der Waals surface area contributed by atoms with E-state index in [0.29, 0.717) is 13.2 Å². The normalized spacial score (nSPS) is 9.62. The van der Waals surface area contributed by atoms with Crippen molar-refractivity contribution < 1.29 is 14.3 Å². The summed E-state index contributed by atoms with van der Waals surface area (Å²) < 4.78 is 9.23. The lowest BCUT2D eigenvalue weighted by Gasteiger charge is -2.22. The highest BCUT2D eigenvalue weighted by molar-refractivity contribution is 5.59. The monoisotopic (exact) mass is 223 g/mol. The van der Waals surface area contributed by atoms with Crippen molar-refractivity contribution in [1.29, 1.82) is 0 Å². The maximum atomic E-state index is 10.8. The van der Waals surface area contributed by atoms with Crippen LogP contribution in [0.4, 0.5) is 10.5 Å². The molecule has 0 heterocycles. The first-order chi connectivity index (χ1) is 7.77. The molecule has 0 aliphatic heterocycles. The smallest absolute Gasteiger partial charge is 0.438 e. The zero-order chi connectivity index (χ0) is 11.8. The van der Waals surface area contributed by atoms with E-state index < -0.39 is 6.16 Å². The Balaban J connectivity index is 2.41. The Hall–Kier alpha value is -1.71. The summed E-state index contributed by atoms with van der Waals surface area (Å²) in [5.74, 6) is 0. The Labute approximate surface area is 95.8 Å². The van der Waals surface area contributed by atoms with Crippen LogP contribution in [0, 0.1) is 0 Å². The second kappa shape index (κ2) is 6.71. The SMILES string of the molecule is CCN(CCOC(=O)OC)c1ccccc1. The highest BCUT2D eigenvalue weighted by Crippen LogP contribution is 2.11. The van der Waals surface area contributed by atoms with E-state index in [1.54, 1.807) is 0 Å². The van der Waals surface area contributed by atoms with Crippen molar-refractivity contribution in [2.24, 2.45) is 0 Å². The van der Waals surface area contributed by atoms with Crippen molar-refractivity contribution in [2.75, 3.05) is 31.7 Å². The number of benzene rings is 1. The lowest BCUT2D eigenvalue weighted by atomic mass is 10.3. The number of methoxy groups -OCH3 is 1. The summed E-state index contributed by atoms with van der Waals surface area (Å²) in [7, 11) is 1.30. The number of likely N-dealkylation sites (N-methyl/N-ethyl adjacent to an activating group) is 1. The minimum atomic E-state index is -0.635. The van der Waals surface area contributed by atoms with Crippen LogP contribution in [0.15, 0.2) is 30.3 Å². The molecule has 0 saturated carbocycles. The van der Waals surface area contributed by atoms with Gasteiger partial charge in [0.25, 0.3) is 0 Å². The fourth-order valence-electron chi connectivity index (χ4n) is 1.41. The number of carbonyl (C=O) groups excluding carboxylic acids is 1. The molecule has 1 aromatic carbocycles. The average Bonchev–Trinajstić information content (AvgIpc) is 2.35. The minimum absolute atomic E-state index is 0.329. The van der Waals surface area contributed by atoms with E-state index in [2.05, 4.69) is 16.6 Å². The van der Waals surface area contributed by atoms with Crippen LogP contribution < -0.4 is 4.90 Å². The van der Waals surface area contributed by atoms with Gasteiger partial charge in [0.2, 0.25) is 0 Å². The molecule has 0 saturated heterocycles. The van der Waals surface area contributed by atoms with Crippen LogP contribution in [0.25, 0.3) is 0 Å². The van der Waals surface area contributed by atoms with Crippen LogP contribution in [0.2, 0.25) is 0 Å². The van der Waals surface area contributed by atoms with Crippen molar-refractivity contribution in [2.45, 2.75) is 6.92 Å². The van der Waals surface area contributed by atoms with Gasteiger partial charge in [0.1, 0.15) is 6.61 Å². The van der Waals surface area contributed by atoms with Crippen molar-refractivity contribution in [3.8, 4) is 0 Å². The molecule has 0 aliphatic rings. The van der Waals surface area contributed by atoms with Crippen molar-refractivity contribution >= 4 is 11.8 Å². The largest absolute Gasteiger partial charge is 0.508 e. The topological polar surface area (TPSA) is 38.8 Å². The summed E-state index contributed by atoms with van der Waals surface area (Å²) in [6.07, 6.45) is -0.635. The minimum Gasteiger partial charge on any atom is -0.438 e. The van der Waals surface area contributed by atoms with Gasteiger partial charge >= 0.3 is 6.16 Å².